The maximum Gasteiger partial charge on any atom is 0.451 e. The van der Waals surface area contributed by atoms with Crippen molar-refractivity contribution >= 4 is 18.3 Å². The van der Waals surface area contributed by atoms with Crippen molar-refractivity contribution in [1.29, 1.82) is 0 Å². The van der Waals surface area contributed by atoms with Crippen LogP contribution in [0.5, 0.6) is 0 Å². The lowest BCUT2D eigenvalue weighted by Crippen LogP contribution is -2.49. The zero-order chi connectivity index (χ0) is 15.1. The van der Waals surface area contributed by atoms with Crippen molar-refractivity contribution in [1.82, 2.24) is 19.7 Å². The summed E-state index contributed by atoms with van der Waals surface area (Å²) in [6, 6.07) is -0.661. The lowest BCUT2D eigenvalue weighted by atomic mass is 10.0. The number of fused-ring (bicyclic) bond motifs is 1. The highest BCUT2D eigenvalue weighted by Gasteiger charge is 2.40. The third-order valence-corrected chi connectivity index (χ3v) is 3.32. The molecule has 1 atom stereocenters. The van der Waals surface area contributed by atoms with Crippen molar-refractivity contribution in [2.24, 2.45) is 11.7 Å². The fraction of sp³-hybridized carbons (Fsp3) is 0.727. The number of hydrogen-bond acceptors (Lipinski definition) is 4. The van der Waals surface area contributed by atoms with Crippen LogP contribution >= 0.6 is 12.4 Å². The maximum absolute atomic E-state index is 12.7. The molecule has 1 amide bonds. The monoisotopic (exact) mass is 327 g/mol. The van der Waals surface area contributed by atoms with Crippen LogP contribution in [0, 0.1) is 5.92 Å². The Hall–Kier alpha value is -1.35. The minimum atomic E-state index is -4.54. The summed E-state index contributed by atoms with van der Waals surface area (Å²) >= 11 is 0. The van der Waals surface area contributed by atoms with E-state index in [0.29, 0.717) is 0 Å². The summed E-state index contributed by atoms with van der Waals surface area (Å²) in [5, 5.41) is 6.68. The lowest BCUT2D eigenvalue weighted by Gasteiger charge is -2.31. The van der Waals surface area contributed by atoms with Crippen molar-refractivity contribution in [2.45, 2.75) is 39.2 Å². The molecular formula is C11H17ClF3N5O. The number of alkyl halides is 3. The second kappa shape index (κ2) is 6.18. The van der Waals surface area contributed by atoms with Crippen LogP contribution in [0.3, 0.4) is 0 Å². The number of nitrogens with zero attached hydrogens (tertiary/aromatic N) is 4. The van der Waals surface area contributed by atoms with E-state index >= 15 is 0 Å². The highest BCUT2D eigenvalue weighted by Crippen LogP contribution is 2.29. The smallest absolute Gasteiger partial charge is 0.332 e. The van der Waals surface area contributed by atoms with Crippen LogP contribution in [0.1, 0.15) is 25.5 Å². The third kappa shape index (κ3) is 3.46. The van der Waals surface area contributed by atoms with Gasteiger partial charge in [-0.1, -0.05) is 13.8 Å². The first-order valence-electron chi connectivity index (χ1n) is 6.25. The van der Waals surface area contributed by atoms with Crippen LogP contribution < -0.4 is 5.73 Å². The van der Waals surface area contributed by atoms with Crippen molar-refractivity contribution in [3.63, 3.8) is 0 Å². The summed E-state index contributed by atoms with van der Waals surface area (Å²) in [6.07, 6.45) is -4.54. The highest BCUT2D eigenvalue weighted by atomic mass is 35.5. The minimum absolute atomic E-state index is 0. The molecule has 0 fully saturated rings. The van der Waals surface area contributed by atoms with E-state index in [2.05, 4.69) is 10.2 Å². The Labute approximate surface area is 125 Å². The summed E-state index contributed by atoms with van der Waals surface area (Å²) in [6.45, 7) is 3.83. The van der Waals surface area contributed by atoms with Gasteiger partial charge in [-0.3, -0.25) is 4.79 Å². The Morgan fingerprint density at radius 3 is 2.43 bits per heavy atom. The standard InChI is InChI=1S/C11H16F3N5O.ClH/c1-6(2)8(15)9(20)18-3-4-19-7(5-18)16-17-10(19)11(12,13)14;/h6,8H,3-5,15H2,1-2H3;1H/t8-;/m1./s1. The first kappa shape index (κ1) is 17.7. The normalized spacial score (nSPS) is 16.4. The number of carbonyl (C=O) groups is 1. The Morgan fingerprint density at radius 2 is 1.90 bits per heavy atom. The van der Waals surface area contributed by atoms with Crippen LogP contribution in [-0.4, -0.2) is 38.2 Å². The molecule has 1 aromatic rings. The molecule has 1 aromatic heterocycles. The van der Waals surface area contributed by atoms with Gasteiger partial charge in [0, 0.05) is 13.1 Å². The van der Waals surface area contributed by atoms with Gasteiger partial charge in [0.25, 0.3) is 0 Å². The van der Waals surface area contributed by atoms with Gasteiger partial charge in [0.15, 0.2) is 5.82 Å². The first-order chi connectivity index (χ1) is 9.21. The highest BCUT2D eigenvalue weighted by molar-refractivity contribution is 5.85. The number of halogens is 4. The van der Waals surface area contributed by atoms with E-state index in [4.69, 9.17) is 5.73 Å². The number of amides is 1. The molecule has 1 aliphatic rings. The number of rotatable bonds is 2. The summed E-state index contributed by atoms with van der Waals surface area (Å²) in [7, 11) is 0. The van der Waals surface area contributed by atoms with Gasteiger partial charge in [0.1, 0.15) is 0 Å². The van der Waals surface area contributed by atoms with Gasteiger partial charge in [-0.05, 0) is 5.92 Å². The van der Waals surface area contributed by atoms with E-state index in [1.165, 1.54) is 4.90 Å². The fourth-order valence-corrected chi connectivity index (χ4v) is 2.05. The molecule has 120 valence electrons. The van der Waals surface area contributed by atoms with Crippen molar-refractivity contribution in [3.8, 4) is 0 Å². The quantitative estimate of drug-likeness (QED) is 0.880. The second-order valence-electron chi connectivity index (χ2n) is 5.12. The third-order valence-electron chi connectivity index (χ3n) is 3.32. The summed E-state index contributed by atoms with van der Waals surface area (Å²) in [4.78, 5) is 13.5. The number of nitrogens with two attached hydrogens (primary N) is 1. The lowest BCUT2D eigenvalue weighted by molar-refractivity contribution is -0.148. The molecule has 0 bridgehead atoms. The molecule has 1 aliphatic heterocycles. The van der Waals surface area contributed by atoms with Gasteiger partial charge in [0.05, 0.1) is 12.6 Å². The Morgan fingerprint density at radius 1 is 1.29 bits per heavy atom. The molecular weight excluding hydrogens is 311 g/mol. The van der Waals surface area contributed by atoms with Crippen LogP contribution in [-0.2, 0) is 24.1 Å². The SMILES string of the molecule is CC(C)[C@@H](N)C(=O)N1CCn2c(nnc2C(F)(F)F)C1.Cl. The molecule has 2 heterocycles. The second-order valence-corrected chi connectivity index (χ2v) is 5.12. The van der Waals surface area contributed by atoms with E-state index < -0.39 is 18.0 Å². The number of hydrogen-bond donors (Lipinski definition) is 1. The minimum Gasteiger partial charge on any atom is -0.332 e. The summed E-state index contributed by atoms with van der Waals surface area (Å²) in [5.74, 6) is -1.20. The molecule has 0 aliphatic carbocycles. The fourth-order valence-electron chi connectivity index (χ4n) is 2.05. The molecule has 0 radical (unpaired) electrons. The average Bonchev–Trinajstić information content (AvgIpc) is 2.79. The van der Waals surface area contributed by atoms with Gasteiger partial charge in [-0.25, -0.2) is 0 Å². The topological polar surface area (TPSA) is 77.0 Å². The van der Waals surface area contributed by atoms with Gasteiger partial charge in [-0.15, -0.1) is 22.6 Å². The van der Waals surface area contributed by atoms with E-state index in [0.717, 1.165) is 4.57 Å². The van der Waals surface area contributed by atoms with Crippen molar-refractivity contribution in [2.75, 3.05) is 6.54 Å². The van der Waals surface area contributed by atoms with Gasteiger partial charge >= 0.3 is 6.18 Å². The molecule has 0 aromatic carbocycles. The molecule has 0 saturated carbocycles. The predicted octanol–water partition coefficient (Wildman–Crippen LogP) is 1.04. The van der Waals surface area contributed by atoms with Gasteiger partial charge in [0.2, 0.25) is 11.7 Å². The molecule has 0 unspecified atom stereocenters. The zero-order valence-electron chi connectivity index (χ0n) is 11.6. The van der Waals surface area contributed by atoms with Crippen LogP contribution in [0.15, 0.2) is 0 Å². The molecule has 6 nitrogen and oxygen atoms in total. The van der Waals surface area contributed by atoms with E-state index in [1.807, 2.05) is 13.8 Å². The van der Waals surface area contributed by atoms with E-state index in [-0.39, 0.29) is 49.7 Å². The van der Waals surface area contributed by atoms with Gasteiger partial charge in [-0.2, -0.15) is 13.2 Å². The van der Waals surface area contributed by atoms with E-state index in [1.54, 1.807) is 0 Å². The zero-order valence-corrected chi connectivity index (χ0v) is 12.4. The number of aromatic nitrogens is 3. The summed E-state index contributed by atoms with van der Waals surface area (Å²) in [5.41, 5.74) is 5.77. The molecule has 0 spiro atoms. The van der Waals surface area contributed by atoms with Gasteiger partial charge < -0.3 is 15.2 Å². The summed E-state index contributed by atoms with van der Waals surface area (Å²) < 4.78 is 39.0. The molecule has 21 heavy (non-hydrogen) atoms. The van der Waals surface area contributed by atoms with E-state index in [9.17, 15) is 18.0 Å². The average molecular weight is 328 g/mol. The number of carbonyl (C=O) groups excluding carboxylic acids is 1. The molecule has 2 rings (SSSR count). The molecule has 10 heteroatoms. The van der Waals surface area contributed by atoms with Crippen molar-refractivity contribution < 1.29 is 18.0 Å². The Bertz CT molecular complexity index is 516. The Balaban J connectivity index is 0.00000220. The Kier molecular flexibility index (Phi) is 5.21. The van der Waals surface area contributed by atoms with Crippen LogP contribution in [0.2, 0.25) is 0 Å². The molecule has 0 saturated heterocycles. The predicted molar refractivity (Wildman–Crippen MR) is 70.5 cm³/mol. The first-order valence-corrected chi connectivity index (χ1v) is 6.25. The van der Waals surface area contributed by atoms with Crippen LogP contribution in [0.4, 0.5) is 13.2 Å². The maximum atomic E-state index is 12.7. The van der Waals surface area contributed by atoms with Crippen molar-refractivity contribution in [3.05, 3.63) is 11.6 Å². The van der Waals surface area contributed by atoms with Crippen LogP contribution in [0.25, 0.3) is 0 Å². The molecule has 2 N–H and O–H groups in total. The largest absolute Gasteiger partial charge is 0.451 e.